The van der Waals surface area contributed by atoms with Gasteiger partial charge >= 0.3 is 26.7 Å². The van der Waals surface area contributed by atoms with Gasteiger partial charge in [-0.25, -0.2) is 18.0 Å². The number of nitrogens with one attached hydrogen (secondary N) is 2. The van der Waals surface area contributed by atoms with Crippen molar-refractivity contribution in [2.24, 2.45) is 4.99 Å². The third-order valence-electron chi connectivity index (χ3n) is 4.41. The van der Waals surface area contributed by atoms with Gasteiger partial charge in [0.1, 0.15) is 13.2 Å². The van der Waals surface area contributed by atoms with Crippen molar-refractivity contribution in [3.05, 3.63) is 35.9 Å². The highest BCUT2D eigenvalue weighted by Crippen LogP contribution is 2.28. The molecule has 0 spiro atoms. The molecule has 2 N–H and O–H groups in total. The first kappa shape index (κ1) is 26.1. The Balaban J connectivity index is 1.69. The first-order chi connectivity index (χ1) is 15.4. The Morgan fingerprint density at radius 2 is 1.97 bits per heavy atom. The predicted molar refractivity (Wildman–Crippen MR) is 119 cm³/mol. The number of fused-ring (bicyclic) bond motifs is 1. The number of alkyl carbamates (subject to hydrolysis) is 1. The lowest BCUT2D eigenvalue weighted by molar-refractivity contribution is 0.109. The average molecular weight is 566 g/mol. The largest absolute Gasteiger partial charge is 0.445 e. The predicted octanol–water partition coefficient (Wildman–Crippen LogP) is 1.21. The summed E-state index contributed by atoms with van der Waals surface area (Å²) in [6, 6.07) is 7.17. The van der Waals surface area contributed by atoms with E-state index in [1.165, 1.54) is 0 Å². The second-order valence-corrected chi connectivity index (χ2v) is 12.2. The molecule has 0 aliphatic carbocycles. The van der Waals surface area contributed by atoms with Crippen molar-refractivity contribution in [1.29, 1.82) is 0 Å². The molecule has 17 heteroatoms. The molecule has 2 aliphatic rings. The Labute approximate surface area is 205 Å². The molecule has 0 aromatic heterocycles. The number of hydrogen-bond acceptors (Lipinski definition) is 9. The van der Waals surface area contributed by atoms with Crippen molar-refractivity contribution in [2.75, 3.05) is 19.8 Å². The number of nitrogens with zero attached hydrogens (tertiary/aromatic N) is 2. The Bertz CT molecular complexity index is 1100. The van der Waals surface area contributed by atoms with Crippen LogP contribution in [0.25, 0.3) is 0 Å². The molecule has 33 heavy (non-hydrogen) atoms. The van der Waals surface area contributed by atoms with E-state index in [0.717, 1.165) is 5.56 Å². The van der Waals surface area contributed by atoms with Gasteiger partial charge < -0.3 is 10.1 Å². The number of halogens is 3. The minimum absolute atomic E-state index is 0.0000180. The molecule has 0 saturated carbocycles. The van der Waals surface area contributed by atoms with Gasteiger partial charge in [0.2, 0.25) is 9.75 Å². The summed E-state index contributed by atoms with van der Waals surface area (Å²) in [7, 11) is -9.03. The third kappa shape index (κ3) is 7.47. The maximum Gasteiger partial charge on any atom is 0.407 e. The standard InChI is InChI=1S/C16H19Cl3N4O8S2/c17-16(18,19)10-31-32(25,26)22-14-20-7-6-13-12(9-30-33(27,28)23(13)14)21-15(24)29-8-11-4-2-1-3-5-11/h1-5,12-13H,6-10H2,(H,20,22)(H,21,24)/t12-,13-/m1/s1. The number of amides is 1. The lowest BCUT2D eigenvalue weighted by atomic mass is 10.0. The molecule has 2 heterocycles. The number of aliphatic imine (C=N–C) groups is 1. The Hall–Kier alpha value is -1.55. The normalized spacial score (nSPS) is 22.6. The third-order valence-corrected chi connectivity index (χ3v) is 6.96. The van der Waals surface area contributed by atoms with Crippen LogP contribution < -0.4 is 10.0 Å². The van der Waals surface area contributed by atoms with Crippen molar-refractivity contribution in [3.63, 3.8) is 0 Å². The molecular weight excluding hydrogens is 547 g/mol. The monoisotopic (exact) mass is 564 g/mol. The van der Waals surface area contributed by atoms with Crippen LogP contribution in [-0.2, 0) is 40.3 Å². The van der Waals surface area contributed by atoms with E-state index < -0.39 is 55.1 Å². The maximum absolute atomic E-state index is 12.5. The lowest BCUT2D eigenvalue weighted by Gasteiger charge is -2.42. The van der Waals surface area contributed by atoms with E-state index >= 15 is 0 Å². The summed E-state index contributed by atoms with van der Waals surface area (Å²) in [5.74, 6) is -0.584. The van der Waals surface area contributed by atoms with Gasteiger partial charge in [-0.1, -0.05) is 65.1 Å². The lowest BCUT2D eigenvalue weighted by Crippen LogP contribution is -2.65. The summed E-state index contributed by atoms with van der Waals surface area (Å²) in [6.07, 6.45) is -0.630. The van der Waals surface area contributed by atoms with Crippen LogP contribution in [0.3, 0.4) is 0 Å². The zero-order valence-electron chi connectivity index (χ0n) is 16.7. The molecule has 0 unspecified atom stereocenters. The highest BCUT2D eigenvalue weighted by atomic mass is 35.6. The van der Waals surface area contributed by atoms with E-state index in [4.69, 9.17) is 43.7 Å². The SMILES string of the molecule is O=C(N[C@@H]1COS(=O)(=O)N2C(NS(=O)(=O)OCC(Cl)(Cl)Cl)=NCC[C@H]12)OCc1ccccc1. The fourth-order valence-electron chi connectivity index (χ4n) is 3.03. The van der Waals surface area contributed by atoms with Crippen LogP contribution in [0.5, 0.6) is 0 Å². The molecule has 3 rings (SSSR count). The fraction of sp³-hybridized carbons (Fsp3) is 0.500. The quantitative estimate of drug-likeness (QED) is 0.488. The summed E-state index contributed by atoms with van der Waals surface area (Å²) in [5.41, 5.74) is 0.757. The molecule has 184 valence electrons. The van der Waals surface area contributed by atoms with E-state index in [0.29, 0.717) is 4.31 Å². The number of carbonyl (C=O) groups excluding carboxylic acids is 1. The van der Waals surface area contributed by atoms with Crippen molar-refractivity contribution in [3.8, 4) is 0 Å². The zero-order chi connectivity index (χ0) is 24.3. The fourth-order valence-corrected chi connectivity index (χ4v) is 5.55. The van der Waals surface area contributed by atoms with Gasteiger partial charge in [0, 0.05) is 6.54 Å². The van der Waals surface area contributed by atoms with E-state index in [9.17, 15) is 21.6 Å². The molecule has 1 aromatic rings. The van der Waals surface area contributed by atoms with Crippen LogP contribution >= 0.6 is 34.8 Å². The van der Waals surface area contributed by atoms with Gasteiger partial charge in [0.15, 0.2) is 0 Å². The summed E-state index contributed by atoms with van der Waals surface area (Å²) < 4.78 is 64.4. The van der Waals surface area contributed by atoms with Gasteiger partial charge in [0.05, 0.1) is 18.7 Å². The number of benzene rings is 1. The number of alkyl halides is 3. The maximum atomic E-state index is 12.5. The second kappa shape index (κ2) is 10.4. The second-order valence-electron chi connectivity index (χ2n) is 6.85. The smallest absolute Gasteiger partial charge is 0.407 e. The minimum Gasteiger partial charge on any atom is -0.445 e. The zero-order valence-corrected chi connectivity index (χ0v) is 20.6. The van der Waals surface area contributed by atoms with Crippen LogP contribution in [-0.4, -0.2) is 68.8 Å². The topological polar surface area (TPSA) is 153 Å². The highest BCUT2D eigenvalue weighted by Gasteiger charge is 2.47. The Morgan fingerprint density at radius 1 is 1.27 bits per heavy atom. The van der Waals surface area contributed by atoms with Gasteiger partial charge in [-0.15, -0.1) is 0 Å². The van der Waals surface area contributed by atoms with Gasteiger partial charge in [-0.05, 0) is 12.0 Å². The molecule has 0 bridgehead atoms. The molecule has 2 atom stereocenters. The highest BCUT2D eigenvalue weighted by molar-refractivity contribution is 7.86. The van der Waals surface area contributed by atoms with Crippen LogP contribution in [0.4, 0.5) is 4.79 Å². The molecular formula is C16H19Cl3N4O8S2. The van der Waals surface area contributed by atoms with Crippen molar-refractivity contribution < 1.29 is 34.7 Å². The molecule has 0 radical (unpaired) electrons. The number of ether oxygens (including phenoxy) is 1. The summed E-state index contributed by atoms with van der Waals surface area (Å²) in [4.78, 5) is 16.2. The average Bonchev–Trinajstić information content (AvgIpc) is 2.73. The molecule has 1 amide bonds. The van der Waals surface area contributed by atoms with Gasteiger partial charge in [-0.2, -0.15) is 16.8 Å². The Morgan fingerprint density at radius 3 is 2.64 bits per heavy atom. The van der Waals surface area contributed by atoms with Crippen LogP contribution in [0.2, 0.25) is 0 Å². The van der Waals surface area contributed by atoms with E-state index in [2.05, 4.69) is 14.5 Å². The number of rotatable bonds is 6. The van der Waals surface area contributed by atoms with Crippen LogP contribution in [0, 0.1) is 0 Å². The Kier molecular flexibility index (Phi) is 8.19. The summed E-state index contributed by atoms with van der Waals surface area (Å²) >= 11 is 16.4. The first-order valence-electron chi connectivity index (χ1n) is 9.31. The molecule has 1 fully saturated rings. The van der Waals surface area contributed by atoms with Crippen LogP contribution in [0.1, 0.15) is 12.0 Å². The van der Waals surface area contributed by atoms with E-state index in [1.54, 1.807) is 24.3 Å². The van der Waals surface area contributed by atoms with E-state index in [1.807, 2.05) is 10.8 Å². The molecule has 12 nitrogen and oxygen atoms in total. The van der Waals surface area contributed by atoms with Gasteiger partial charge in [-0.3, -0.25) is 9.18 Å². The molecule has 1 saturated heterocycles. The van der Waals surface area contributed by atoms with Gasteiger partial charge in [0.25, 0.3) is 0 Å². The van der Waals surface area contributed by atoms with Crippen molar-refractivity contribution >= 4 is 67.5 Å². The first-order valence-corrected chi connectivity index (χ1v) is 13.2. The number of carbonyl (C=O) groups is 1. The summed E-state index contributed by atoms with van der Waals surface area (Å²) in [5, 5.41) is 2.55. The van der Waals surface area contributed by atoms with Crippen molar-refractivity contribution in [1.82, 2.24) is 14.3 Å². The van der Waals surface area contributed by atoms with Crippen molar-refractivity contribution in [2.45, 2.75) is 28.9 Å². The van der Waals surface area contributed by atoms with Crippen LogP contribution in [0.15, 0.2) is 35.3 Å². The summed E-state index contributed by atoms with van der Waals surface area (Å²) in [6.45, 7) is -1.16. The number of hydrogen-bond donors (Lipinski definition) is 2. The molecule has 1 aromatic carbocycles. The minimum atomic E-state index is -4.60. The molecule has 2 aliphatic heterocycles. The van der Waals surface area contributed by atoms with E-state index in [-0.39, 0.29) is 26.2 Å². The number of guanidine groups is 1.